The molecule has 0 saturated heterocycles. The van der Waals surface area contributed by atoms with Crippen molar-refractivity contribution in [2.75, 3.05) is 7.11 Å². The fourth-order valence-corrected chi connectivity index (χ4v) is 1.66. The lowest BCUT2D eigenvalue weighted by molar-refractivity contribution is 0.402. The molecule has 0 saturated carbocycles. The van der Waals surface area contributed by atoms with Crippen molar-refractivity contribution in [2.24, 2.45) is 5.92 Å². The van der Waals surface area contributed by atoms with E-state index >= 15 is 0 Å². The first kappa shape index (κ1) is 11.7. The minimum atomic E-state index is 0.353. The van der Waals surface area contributed by atoms with E-state index in [-0.39, 0.29) is 0 Å². The molecule has 15 heavy (non-hydrogen) atoms. The second kappa shape index (κ2) is 5.46. The van der Waals surface area contributed by atoms with Crippen LogP contribution in [0.4, 0.5) is 0 Å². The van der Waals surface area contributed by atoms with Crippen LogP contribution in [0, 0.1) is 17.8 Å². The van der Waals surface area contributed by atoms with Crippen molar-refractivity contribution in [3.8, 4) is 17.6 Å². The lowest BCUT2D eigenvalue weighted by Crippen LogP contribution is -2.05. The summed E-state index contributed by atoms with van der Waals surface area (Å²) in [4.78, 5) is 0. The van der Waals surface area contributed by atoms with E-state index < -0.39 is 0 Å². The van der Waals surface area contributed by atoms with Gasteiger partial charge in [-0.3, -0.25) is 0 Å². The van der Waals surface area contributed by atoms with Crippen LogP contribution in [0.25, 0.3) is 0 Å². The molecule has 80 valence electrons. The van der Waals surface area contributed by atoms with Gasteiger partial charge in [0.15, 0.2) is 0 Å². The number of rotatable bonds is 3. The lowest BCUT2D eigenvalue weighted by atomic mass is 9.89. The van der Waals surface area contributed by atoms with Crippen molar-refractivity contribution in [3.05, 3.63) is 29.8 Å². The van der Waals surface area contributed by atoms with Gasteiger partial charge >= 0.3 is 0 Å². The minimum Gasteiger partial charge on any atom is -0.496 e. The summed E-state index contributed by atoms with van der Waals surface area (Å²) in [6, 6.07) is 8.14. The van der Waals surface area contributed by atoms with Gasteiger partial charge in [0.05, 0.1) is 7.11 Å². The van der Waals surface area contributed by atoms with Crippen LogP contribution in [0.5, 0.6) is 5.75 Å². The van der Waals surface area contributed by atoms with Gasteiger partial charge in [-0.05, 0) is 24.5 Å². The van der Waals surface area contributed by atoms with Crippen molar-refractivity contribution in [1.82, 2.24) is 0 Å². The molecule has 0 heterocycles. The number of para-hydroxylation sites is 1. The molecular formula is C14H18O. The maximum Gasteiger partial charge on any atom is 0.122 e. The SMILES string of the molecule is CC#CC(C)C(C)c1ccccc1OC. The molecule has 1 nitrogen and oxygen atoms in total. The van der Waals surface area contributed by atoms with Crippen LogP contribution >= 0.6 is 0 Å². The molecule has 0 aliphatic carbocycles. The summed E-state index contributed by atoms with van der Waals surface area (Å²) < 4.78 is 5.35. The van der Waals surface area contributed by atoms with Crippen LogP contribution in [-0.4, -0.2) is 7.11 Å². The second-order valence-corrected chi connectivity index (χ2v) is 3.71. The molecule has 0 aliphatic rings. The van der Waals surface area contributed by atoms with Crippen molar-refractivity contribution >= 4 is 0 Å². The number of hydrogen-bond donors (Lipinski definition) is 0. The Morgan fingerprint density at radius 1 is 1.20 bits per heavy atom. The molecule has 1 aromatic rings. The molecule has 2 unspecified atom stereocenters. The van der Waals surface area contributed by atoms with Gasteiger partial charge in [0.25, 0.3) is 0 Å². The van der Waals surface area contributed by atoms with Crippen LogP contribution in [0.3, 0.4) is 0 Å². The van der Waals surface area contributed by atoms with Gasteiger partial charge in [0.2, 0.25) is 0 Å². The van der Waals surface area contributed by atoms with Gasteiger partial charge in [-0.1, -0.05) is 38.0 Å². The Morgan fingerprint density at radius 3 is 2.47 bits per heavy atom. The van der Waals surface area contributed by atoms with Gasteiger partial charge in [-0.2, -0.15) is 0 Å². The maximum absolute atomic E-state index is 5.35. The highest BCUT2D eigenvalue weighted by atomic mass is 16.5. The third-order valence-electron chi connectivity index (χ3n) is 2.75. The quantitative estimate of drug-likeness (QED) is 0.682. The number of ether oxygens (including phenoxy) is 1. The topological polar surface area (TPSA) is 9.23 Å². The maximum atomic E-state index is 5.35. The number of benzene rings is 1. The molecule has 1 rings (SSSR count). The van der Waals surface area contributed by atoms with E-state index in [2.05, 4.69) is 31.8 Å². The van der Waals surface area contributed by atoms with E-state index in [1.54, 1.807) is 7.11 Å². The van der Waals surface area contributed by atoms with Crippen LogP contribution in [0.1, 0.15) is 32.3 Å². The average Bonchev–Trinajstić information content (AvgIpc) is 2.28. The Morgan fingerprint density at radius 2 is 1.87 bits per heavy atom. The summed E-state index contributed by atoms with van der Waals surface area (Å²) in [5.74, 6) is 7.86. The lowest BCUT2D eigenvalue weighted by Gasteiger charge is -2.18. The first-order chi connectivity index (χ1) is 7.20. The molecule has 0 fully saturated rings. The van der Waals surface area contributed by atoms with Gasteiger partial charge in [-0.25, -0.2) is 0 Å². The Bertz CT molecular complexity index is 370. The Labute approximate surface area is 92.5 Å². The molecule has 1 aromatic carbocycles. The molecule has 0 amide bonds. The highest BCUT2D eigenvalue weighted by Gasteiger charge is 2.15. The van der Waals surface area contributed by atoms with Crippen molar-refractivity contribution in [3.63, 3.8) is 0 Å². The Balaban J connectivity index is 2.97. The molecule has 0 radical (unpaired) electrons. The van der Waals surface area contributed by atoms with Crippen molar-refractivity contribution < 1.29 is 4.74 Å². The van der Waals surface area contributed by atoms with Gasteiger partial charge < -0.3 is 4.74 Å². The molecule has 0 aliphatic heterocycles. The molecule has 0 N–H and O–H groups in total. The van der Waals surface area contributed by atoms with E-state index in [1.165, 1.54) is 5.56 Å². The largest absolute Gasteiger partial charge is 0.496 e. The summed E-state index contributed by atoms with van der Waals surface area (Å²) in [5, 5.41) is 0. The number of methoxy groups -OCH3 is 1. The third-order valence-corrected chi connectivity index (χ3v) is 2.75. The van der Waals surface area contributed by atoms with Crippen molar-refractivity contribution in [1.29, 1.82) is 0 Å². The summed E-state index contributed by atoms with van der Waals surface area (Å²) >= 11 is 0. The standard InChI is InChI=1S/C14H18O/c1-5-8-11(2)12(3)13-9-6-7-10-14(13)15-4/h6-7,9-12H,1-4H3. The van der Waals surface area contributed by atoms with Crippen LogP contribution in [0.2, 0.25) is 0 Å². The fraction of sp³-hybridized carbons (Fsp3) is 0.429. The fourth-order valence-electron chi connectivity index (χ4n) is 1.66. The van der Waals surface area contributed by atoms with E-state index in [1.807, 2.05) is 25.1 Å². The summed E-state index contributed by atoms with van der Waals surface area (Å²) in [6.45, 7) is 6.21. The molecule has 0 spiro atoms. The number of hydrogen-bond acceptors (Lipinski definition) is 1. The molecular weight excluding hydrogens is 184 g/mol. The zero-order valence-corrected chi connectivity index (χ0v) is 9.87. The predicted octanol–water partition coefficient (Wildman–Crippen LogP) is 3.46. The third kappa shape index (κ3) is 2.76. The molecule has 1 heteroatoms. The van der Waals surface area contributed by atoms with E-state index in [0.29, 0.717) is 11.8 Å². The zero-order chi connectivity index (χ0) is 11.3. The highest BCUT2D eigenvalue weighted by Crippen LogP contribution is 2.30. The second-order valence-electron chi connectivity index (χ2n) is 3.71. The van der Waals surface area contributed by atoms with Gasteiger partial charge in [-0.15, -0.1) is 5.92 Å². The van der Waals surface area contributed by atoms with E-state index in [0.717, 1.165) is 5.75 Å². The summed E-state index contributed by atoms with van der Waals surface area (Å²) in [7, 11) is 1.71. The summed E-state index contributed by atoms with van der Waals surface area (Å²) in [6.07, 6.45) is 0. The van der Waals surface area contributed by atoms with E-state index in [4.69, 9.17) is 4.74 Å². The Hall–Kier alpha value is -1.42. The van der Waals surface area contributed by atoms with Gasteiger partial charge in [0.1, 0.15) is 5.75 Å². The van der Waals surface area contributed by atoms with Crippen LogP contribution in [-0.2, 0) is 0 Å². The highest BCUT2D eigenvalue weighted by molar-refractivity contribution is 5.37. The van der Waals surface area contributed by atoms with E-state index in [9.17, 15) is 0 Å². The minimum absolute atomic E-state index is 0.353. The first-order valence-electron chi connectivity index (χ1n) is 5.26. The predicted molar refractivity (Wildman–Crippen MR) is 64.0 cm³/mol. The first-order valence-corrected chi connectivity index (χ1v) is 5.26. The normalized spacial score (nSPS) is 13.6. The van der Waals surface area contributed by atoms with Crippen LogP contribution in [0.15, 0.2) is 24.3 Å². The van der Waals surface area contributed by atoms with Crippen molar-refractivity contribution in [2.45, 2.75) is 26.7 Å². The Kier molecular flexibility index (Phi) is 4.24. The smallest absolute Gasteiger partial charge is 0.122 e. The monoisotopic (exact) mass is 202 g/mol. The molecule has 0 bridgehead atoms. The average molecular weight is 202 g/mol. The summed E-state index contributed by atoms with van der Waals surface area (Å²) in [5.41, 5.74) is 1.23. The van der Waals surface area contributed by atoms with Crippen LogP contribution < -0.4 is 4.74 Å². The molecule has 2 atom stereocenters. The molecule has 0 aromatic heterocycles. The van der Waals surface area contributed by atoms with Gasteiger partial charge in [0, 0.05) is 5.92 Å². The zero-order valence-electron chi connectivity index (χ0n) is 9.87.